The summed E-state index contributed by atoms with van der Waals surface area (Å²) < 4.78 is 29.3. The molecule has 39 heavy (non-hydrogen) atoms. The molecular weight excluding hydrogens is 535 g/mol. The highest BCUT2D eigenvalue weighted by atomic mass is 35.5. The van der Waals surface area contributed by atoms with Crippen LogP contribution in [0.3, 0.4) is 0 Å². The number of nitrogens with zero attached hydrogens (tertiary/aromatic N) is 2. The third-order valence-electron chi connectivity index (χ3n) is 5.66. The lowest BCUT2D eigenvalue weighted by Gasteiger charge is -2.26. The first kappa shape index (κ1) is 29.6. The zero-order chi connectivity index (χ0) is 28.7. The minimum atomic E-state index is -1.66. The Hall–Kier alpha value is -4.00. The summed E-state index contributed by atoms with van der Waals surface area (Å²) >= 11 is 6.00. The monoisotopic (exact) mass is 562 g/mol. The van der Waals surface area contributed by atoms with Gasteiger partial charge >= 0.3 is 17.8 Å². The molecule has 0 bridgehead atoms. The number of esters is 1. The molecule has 0 aliphatic heterocycles. The molecule has 208 valence electrons. The zero-order valence-electron chi connectivity index (χ0n) is 21.4. The second kappa shape index (κ2) is 13.2. The van der Waals surface area contributed by atoms with Gasteiger partial charge in [-0.15, -0.1) is 0 Å². The van der Waals surface area contributed by atoms with Gasteiger partial charge in [-0.1, -0.05) is 49.7 Å². The molecule has 0 aliphatic carbocycles. The van der Waals surface area contributed by atoms with Crippen LogP contribution in [0.5, 0.6) is 5.88 Å². The van der Waals surface area contributed by atoms with Gasteiger partial charge in [0, 0.05) is 17.1 Å². The predicted octanol–water partition coefficient (Wildman–Crippen LogP) is 3.27. The Labute approximate surface area is 228 Å². The van der Waals surface area contributed by atoms with Gasteiger partial charge in [0.05, 0.1) is 19.7 Å². The van der Waals surface area contributed by atoms with E-state index in [1.165, 1.54) is 36.4 Å². The van der Waals surface area contributed by atoms with E-state index in [-0.39, 0.29) is 24.1 Å². The number of hydrogen-bond donors (Lipinski definition) is 3. The molecule has 13 heteroatoms. The number of carbonyl (C=O) groups excluding carboxylic acids is 2. The van der Waals surface area contributed by atoms with Crippen molar-refractivity contribution in [2.45, 2.75) is 32.5 Å². The number of ether oxygens (including phenoxy) is 2. The van der Waals surface area contributed by atoms with Gasteiger partial charge in [0.1, 0.15) is 11.9 Å². The van der Waals surface area contributed by atoms with Crippen molar-refractivity contribution in [1.29, 1.82) is 0 Å². The number of rotatable bonds is 12. The first-order valence-corrected chi connectivity index (χ1v) is 12.2. The number of carbonyl (C=O) groups is 3. The molecule has 2 aromatic carbocycles. The predicted molar refractivity (Wildman–Crippen MR) is 138 cm³/mol. The van der Waals surface area contributed by atoms with Crippen LogP contribution in [-0.4, -0.2) is 58.9 Å². The quantitative estimate of drug-likeness (QED) is 0.221. The molecule has 1 aromatic heterocycles. The number of carboxylic acids is 1. The number of nitrogens with one attached hydrogen (secondary N) is 1. The lowest BCUT2D eigenvalue weighted by molar-refractivity contribution is -0.167. The minimum Gasteiger partial charge on any atom is -0.479 e. The largest absolute Gasteiger partial charge is 0.479 e. The van der Waals surface area contributed by atoms with Crippen molar-refractivity contribution < 1.29 is 37.9 Å². The summed E-state index contributed by atoms with van der Waals surface area (Å²) in [5, 5.41) is 14.9. The number of halogens is 2. The van der Waals surface area contributed by atoms with Gasteiger partial charge < -0.3 is 24.8 Å². The highest BCUT2D eigenvalue weighted by molar-refractivity contribution is 6.30. The maximum absolute atomic E-state index is 14.3. The summed E-state index contributed by atoms with van der Waals surface area (Å²) in [7, 11) is 1.35. The number of hydrazine groups is 1. The smallest absolute Gasteiger partial charge is 0.346 e. The average molecular weight is 563 g/mol. The molecule has 0 saturated carbocycles. The van der Waals surface area contributed by atoms with E-state index in [0.717, 1.165) is 0 Å². The number of amides is 1. The van der Waals surface area contributed by atoms with Crippen molar-refractivity contribution in [2.75, 3.05) is 13.7 Å². The molecule has 0 saturated heterocycles. The molecule has 0 fully saturated rings. The van der Waals surface area contributed by atoms with Crippen LogP contribution >= 0.6 is 11.6 Å². The van der Waals surface area contributed by atoms with Crippen molar-refractivity contribution in [1.82, 2.24) is 15.6 Å². The lowest BCUT2D eigenvalue weighted by atomic mass is 10.0. The molecule has 1 amide bonds. The van der Waals surface area contributed by atoms with E-state index in [1.807, 2.05) is 0 Å². The molecule has 2 atom stereocenters. The third kappa shape index (κ3) is 7.99. The van der Waals surface area contributed by atoms with Crippen molar-refractivity contribution in [3.8, 4) is 17.0 Å². The Bertz CT molecular complexity index is 1320. The number of aromatic nitrogens is 1. The summed E-state index contributed by atoms with van der Waals surface area (Å²) in [4.78, 5) is 37.1. The summed E-state index contributed by atoms with van der Waals surface area (Å²) in [5.74, 6) is -3.95. The van der Waals surface area contributed by atoms with Gasteiger partial charge in [0.2, 0.25) is 11.9 Å². The maximum Gasteiger partial charge on any atom is 0.346 e. The Kier molecular flexibility index (Phi) is 9.99. The summed E-state index contributed by atoms with van der Waals surface area (Å²) in [6.45, 7) is 2.93. The lowest BCUT2D eigenvalue weighted by Crippen LogP contribution is -2.50. The second-order valence-electron chi connectivity index (χ2n) is 8.91. The van der Waals surface area contributed by atoms with E-state index >= 15 is 0 Å². The maximum atomic E-state index is 14.3. The molecule has 3 rings (SSSR count). The van der Waals surface area contributed by atoms with Crippen molar-refractivity contribution in [3.63, 3.8) is 0 Å². The van der Waals surface area contributed by atoms with Crippen LogP contribution < -0.4 is 15.9 Å². The molecule has 0 aliphatic rings. The summed E-state index contributed by atoms with van der Waals surface area (Å²) in [6.07, 6.45) is -1.66. The Morgan fingerprint density at radius 3 is 2.46 bits per heavy atom. The number of carboxylic acid groups (broad SMARTS) is 1. The van der Waals surface area contributed by atoms with Crippen LogP contribution in [-0.2, 0) is 20.9 Å². The highest BCUT2D eigenvalue weighted by Gasteiger charge is 2.30. The minimum absolute atomic E-state index is 0.0209. The molecule has 4 N–H and O–H groups in total. The topological polar surface area (TPSA) is 157 Å². The molecule has 0 radical (unpaired) electrons. The van der Waals surface area contributed by atoms with Gasteiger partial charge in [0.15, 0.2) is 0 Å². The van der Waals surface area contributed by atoms with Crippen molar-refractivity contribution >= 4 is 29.4 Å². The first-order chi connectivity index (χ1) is 18.5. The van der Waals surface area contributed by atoms with Crippen molar-refractivity contribution in [2.24, 2.45) is 11.7 Å². The number of hydrogen-bond acceptors (Lipinski definition) is 9. The third-order valence-corrected chi connectivity index (χ3v) is 5.89. The number of nitrogens with two attached hydrogens (primary N) is 1. The first-order valence-electron chi connectivity index (χ1n) is 11.8. The summed E-state index contributed by atoms with van der Waals surface area (Å²) in [5.41, 5.74) is 9.81. The summed E-state index contributed by atoms with van der Waals surface area (Å²) in [6, 6.07) is 11.1. The molecular formula is C26H28ClFN4O7. The van der Waals surface area contributed by atoms with E-state index < -0.39 is 42.4 Å². The fraction of sp³-hybridized carbons (Fsp3) is 0.308. The Balaban J connectivity index is 1.83. The highest BCUT2D eigenvalue weighted by Crippen LogP contribution is 2.26. The average Bonchev–Trinajstić information content (AvgIpc) is 3.39. The van der Waals surface area contributed by atoms with Gasteiger partial charge in [-0.05, 0) is 40.4 Å². The van der Waals surface area contributed by atoms with E-state index in [0.29, 0.717) is 21.7 Å². The standard InChI is InChI=1S/C26H28ClFN4O7/c1-14(2)23(29)26(36)38-21(25(34)35)13-32(30-24(33)20-11-22(37-3)31-39-20)12-15-4-6-16(7-5-15)18-10-17(27)8-9-19(18)28/h4-11,14,21,23H,12-13,29H2,1-3H3,(H,30,33)(H,34,35). The van der Waals surface area contributed by atoms with Crippen LogP contribution in [0.25, 0.3) is 11.1 Å². The van der Waals surface area contributed by atoms with Crippen LogP contribution in [0.4, 0.5) is 4.39 Å². The Morgan fingerprint density at radius 1 is 1.18 bits per heavy atom. The van der Waals surface area contributed by atoms with E-state index in [4.69, 9.17) is 31.3 Å². The zero-order valence-corrected chi connectivity index (χ0v) is 22.1. The van der Waals surface area contributed by atoms with Gasteiger partial charge in [0.25, 0.3) is 5.88 Å². The SMILES string of the molecule is COc1cc(C(=O)NN(Cc2ccc(-c3cc(Cl)ccc3F)cc2)CC(OC(=O)C(N)C(C)C)C(=O)O)on1. The fourth-order valence-electron chi connectivity index (χ4n) is 3.40. The van der Waals surface area contributed by atoms with Gasteiger partial charge in [-0.2, -0.15) is 0 Å². The van der Waals surface area contributed by atoms with E-state index in [2.05, 4.69) is 10.6 Å². The number of methoxy groups -OCH3 is 1. The van der Waals surface area contributed by atoms with Crippen LogP contribution in [0.15, 0.2) is 53.1 Å². The molecule has 1 heterocycles. The molecule has 2 unspecified atom stereocenters. The van der Waals surface area contributed by atoms with E-state index in [9.17, 15) is 23.9 Å². The van der Waals surface area contributed by atoms with Crippen molar-refractivity contribution in [3.05, 3.63) is 70.7 Å². The fourth-order valence-corrected chi connectivity index (χ4v) is 3.57. The van der Waals surface area contributed by atoms with Gasteiger partial charge in [-0.3, -0.25) is 15.0 Å². The second-order valence-corrected chi connectivity index (χ2v) is 9.35. The normalized spacial score (nSPS) is 12.7. The van der Waals surface area contributed by atoms with Crippen LogP contribution in [0.1, 0.15) is 30.0 Å². The molecule has 11 nitrogen and oxygen atoms in total. The molecule has 3 aromatic rings. The number of benzene rings is 2. The van der Waals surface area contributed by atoms with Crippen LogP contribution in [0, 0.1) is 11.7 Å². The Morgan fingerprint density at radius 2 is 1.87 bits per heavy atom. The van der Waals surface area contributed by atoms with Gasteiger partial charge in [-0.25, -0.2) is 14.2 Å². The van der Waals surface area contributed by atoms with E-state index in [1.54, 1.807) is 38.1 Å². The number of aliphatic carboxylic acids is 1. The van der Waals surface area contributed by atoms with Crippen LogP contribution in [0.2, 0.25) is 5.02 Å². The molecule has 0 spiro atoms.